The topological polar surface area (TPSA) is 0 Å². The van der Waals surface area contributed by atoms with Gasteiger partial charge in [-0.25, -0.2) is 0 Å². The van der Waals surface area contributed by atoms with Crippen LogP contribution in [0.2, 0.25) is 0 Å². The minimum absolute atomic E-state index is 0.532. The van der Waals surface area contributed by atoms with Gasteiger partial charge in [0.05, 0.1) is 0 Å². The summed E-state index contributed by atoms with van der Waals surface area (Å²) in [5.74, 6) is 0. The second-order valence-electron chi connectivity index (χ2n) is 2.28. The third kappa shape index (κ3) is 6.70. The molecule has 0 saturated carbocycles. The first-order valence-corrected chi connectivity index (χ1v) is 4.02. The largest absolute Gasteiger partial charge is 0.176 e. The van der Waals surface area contributed by atoms with Gasteiger partial charge in [0.2, 0.25) is 0 Å². The Kier molecular flexibility index (Phi) is 4.97. The average Bonchev–Trinajstić information content (AvgIpc) is 1.61. The van der Waals surface area contributed by atoms with Gasteiger partial charge in [-0.1, -0.05) is 13.8 Å². The van der Waals surface area contributed by atoms with Crippen molar-refractivity contribution in [3.63, 3.8) is 0 Å². The van der Waals surface area contributed by atoms with Crippen molar-refractivity contribution in [2.24, 2.45) is 0 Å². The highest BCUT2D eigenvalue weighted by molar-refractivity contribution is 7.81. The summed E-state index contributed by atoms with van der Waals surface area (Å²) in [6, 6.07) is 0. The van der Waals surface area contributed by atoms with Crippen LogP contribution in [-0.2, 0) is 0 Å². The smallest absolute Gasteiger partial charge is 0.00112 e. The van der Waals surface area contributed by atoms with Crippen LogP contribution < -0.4 is 0 Å². The van der Waals surface area contributed by atoms with E-state index in [1.54, 1.807) is 0 Å². The highest BCUT2D eigenvalue weighted by Crippen LogP contribution is 2.08. The molecule has 0 aliphatic heterocycles. The highest BCUT2D eigenvalue weighted by atomic mass is 32.1. The minimum Gasteiger partial charge on any atom is -0.176 e. The molecule has 8 heavy (non-hydrogen) atoms. The molecule has 0 aliphatic rings. The molecular formula is C6H14S2. The van der Waals surface area contributed by atoms with Crippen LogP contribution in [0.1, 0.15) is 26.7 Å². The van der Waals surface area contributed by atoms with Gasteiger partial charge in [-0.05, 0) is 23.3 Å². The van der Waals surface area contributed by atoms with Gasteiger partial charge in [0, 0.05) is 0 Å². The quantitative estimate of drug-likeness (QED) is 0.567. The van der Waals surface area contributed by atoms with Gasteiger partial charge in [0.15, 0.2) is 0 Å². The first-order valence-electron chi connectivity index (χ1n) is 2.99. The highest BCUT2D eigenvalue weighted by Gasteiger charge is 1.97. The summed E-state index contributed by atoms with van der Waals surface area (Å²) in [4.78, 5) is 0. The summed E-state index contributed by atoms with van der Waals surface area (Å²) in [6.45, 7) is 4.22. The zero-order valence-corrected chi connectivity index (χ0v) is 7.25. The van der Waals surface area contributed by atoms with E-state index in [0.717, 1.165) is 0 Å². The van der Waals surface area contributed by atoms with Crippen LogP contribution in [0.3, 0.4) is 0 Å². The molecular weight excluding hydrogens is 136 g/mol. The van der Waals surface area contributed by atoms with Crippen molar-refractivity contribution in [2.75, 3.05) is 0 Å². The predicted molar refractivity (Wildman–Crippen MR) is 46.1 cm³/mol. The van der Waals surface area contributed by atoms with E-state index in [9.17, 15) is 0 Å². The fourth-order valence-electron chi connectivity index (χ4n) is 0.482. The molecule has 0 radical (unpaired) electrons. The minimum atomic E-state index is 0.532. The third-order valence-corrected chi connectivity index (χ3v) is 1.52. The Balaban J connectivity index is 2.93. The second-order valence-corrected chi connectivity index (χ2v) is 4.04. The molecule has 0 rings (SSSR count). The van der Waals surface area contributed by atoms with E-state index in [2.05, 4.69) is 39.1 Å². The van der Waals surface area contributed by atoms with Crippen LogP contribution in [0, 0.1) is 0 Å². The van der Waals surface area contributed by atoms with Gasteiger partial charge in [0.25, 0.3) is 0 Å². The fourth-order valence-corrected chi connectivity index (χ4v) is 0.781. The van der Waals surface area contributed by atoms with Crippen molar-refractivity contribution in [1.29, 1.82) is 0 Å². The Labute approximate surface area is 62.9 Å². The molecule has 0 aromatic carbocycles. The lowest BCUT2D eigenvalue weighted by atomic mass is 10.2. The first kappa shape index (κ1) is 8.70. The molecule has 2 heteroatoms. The normalized spacial score (nSPS) is 18.0. The summed E-state index contributed by atoms with van der Waals surface area (Å²) in [5, 5.41) is 1.06. The predicted octanol–water partition coefficient (Wildman–Crippen LogP) is 2.40. The maximum absolute atomic E-state index is 4.24. The van der Waals surface area contributed by atoms with Crippen molar-refractivity contribution in [2.45, 2.75) is 37.2 Å². The molecule has 2 unspecified atom stereocenters. The Bertz CT molecular complexity index is 42.5. The summed E-state index contributed by atoms with van der Waals surface area (Å²) < 4.78 is 0. The van der Waals surface area contributed by atoms with E-state index in [4.69, 9.17) is 0 Å². The summed E-state index contributed by atoms with van der Waals surface area (Å²) in [7, 11) is 0. The molecule has 0 bridgehead atoms. The van der Waals surface area contributed by atoms with Gasteiger partial charge in [-0.3, -0.25) is 0 Å². The molecule has 0 aromatic rings. The Morgan fingerprint density at radius 3 is 1.38 bits per heavy atom. The lowest BCUT2D eigenvalue weighted by Gasteiger charge is -2.04. The molecule has 0 N–H and O–H groups in total. The van der Waals surface area contributed by atoms with Crippen LogP contribution >= 0.6 is 25.3 Å². The molecule has 50 valence electrons. The van der Waals surface area contributed by atoms with Gasteiger partial charge < -0.3 is 0 Å². The van der Waals surface area contributed by atoms with E-state index in [0.29, 0.717) is 10.5 Å². The van der Waals surface area contributed by atoms with Crippen molar-refractivity contribution in [1.82, 2.24) is 0 Å². The molecule has 0 aromatic heterocycles. The van der Waals surface area contributed by atoms with Crippen LogP contribution in [0.25, 0.3) is 0 Å². The second kappa shape index (κ2) is 4.57. The van der Waals surface area contributed by atoms with Gasteiger partial charge in [-0.2, -0.15) is 25.3 Å². The van der Waals surface area contributed by atoms with E-state index < -0.39 is 0 Å². The Morgan fingerprint density at radius 2 is 1.25 bits per heavy atom. The summed E-state index contributed by atoms with van der Waals surface area (Å²) >= 11 is 8.48. The zero-order chi connectivity index (χ0) is 6.57. The van der Waals surface area contributed by atoms with Crippen molar-refractivity contribution in [3.05, 3.63) is 0 Å². The number of hydrogen-bond donors (Lipinski definition) is 2. The number of rotatable bonds is 3. The Hall–Kier alpha value is 0.700. The van der Waals surface area contributed by atoms with E-state index in [1.165, 1.54) is 12.8 Å². The third-order valence-electron chi connectivity index (χ3n) is 1.00. The van der Waals surface area contributed by atoms with Crippen molar-refractivity contribution < 1.29 is 0 Å². The van der Waals surface area contributed by atoms with E-state index in [1.807, 2.05) is 0 Å². The SMILES string of the molecule is CC(S)CCC(C)S. The maximum Gasteiger partial charge on any atom is -0.00112 e. The molecule has 0 nitrogen and oxygen atoms in total. The standard InChI is InChI=1S/C6H14S2/c1-5(7)3-4-6(2)8/h5-8H,3-4H2,1-2H3. The molecule has 0 aliphatic carbocycles. The molecule has 0 fully saturated rings. The first-order chi connectivity index (χ1) is 3.63. The Morgan fingerprint density at radius 1 is 1.00 bits per heavy atom. The molecule has 0 saturated heterocycles. The summed E-state index contributed by atoms with van der Waals surface area (Å²) in [6.07, 6.45) is 2.35. The summed E-state index contributed by atoms with van der Waals surface area (Å²) in [5.41, 5.74) is 0. The van der Waals surface area contributed by atoms with Crippen LogP contribution in [0.15, 0.2) is 0 Å². The monoisotopic (exact) mass is 150 g/mol. The lowest BCUT2D eigenvalue weighted by Crippen LogP contribution is -1.96. The molecule has 0 amide bonds. The van der Waals surface area contributed by atoms with E-state index >= 15 is 0 Å². The average molecular weight is 150 g/mol. The number of thiol groups is 2. The fraction of sp³-hybridized carbons (Fsp3) is 1.00. The lowest BCUT2D eigenvalue weighted by molar-refractivity contribution is 0.730. The zero-order valence-electron chi connectivity index (χ0n) is 5.46. The number of hydrogen-bond acceptors (Lipinski definition) is 2. The van der Waals surface area contributed by atoms with Crippen LogP contribution in [-0.4, -0.2) is 10.5 Å². The maximum atomic E-state index is 4.24. The van der Waals surface area contributed by atoms with E-state index in [-0.39, 0.29) is 0 Å². The van der Waals surface area contributed by atoms with Crippen LogP contribution in [0.4, 0.5) is 0 Å². The molecule has 0 heterocycles. The van der Waals surface area contributed by atoms with Crippen molar-refractivity contribution in [3.8, 4) is 0 Å². The van der Waals surface area contributed by atoms with Gasteiger partial charge in [0.1, 0.15) is 0 Å². The van der Waals surface area contributed by atoms with Gasteiger partial charge in [-0.15, -0.1) is 0 Å². The molecule has 0 spiro atoms. The van der Waals surface area contributed by atoms with Crippen molar-refractivity contribution >= 4 is 25.3 Å². The molecule has 2 atom stereocenters. The van der Waals surface area contributed by atoms with Crippen LogP contribution in [0.5, 0.6) is 0 Å². The van der Waals surface area contributed by atoms with Gasteiger partial charge >= 0.3 is 0 Å².